The molecule has 6 aromatic carbocycles. The fraction of sp³-hybridized carbons (Fsp3) is 0.429. The highest BCUT2D eigenvalue weighted by Gasteiger charge is 2.60. The predicted molar refractivity (Wildman–Crippen MR) is 319 cm³/mol. The molecule has 12 rings (SSSR count). The third kappa shape index (κ3) is 6.70. The standard InChI is InChI=1S/C70H82BN3/c1-63(2,3)43-25-31-47(32-26-43)72-56-41-49(74-55-24-20-19-23-52(55)69(17)37-21-22-38-70(69,74)18)42-57-60(56)71(58-50-35-29-45(65(7,8)9)39-53(50)67(13,14)61(58)72)59-51-36-30-46(66(10,11)12)40-54(51)68(15,16)62(59)73(57)48-33-27-44(28-34-48)64(4,5)6/h19-20,23-36,39-42H,21-22,37-38H2,1-18H3. The molecule has 0 aromatic heterocycles. The lowest BCUT2D eigenvalue weighted by Gasteiger charge is -2.51. The van der Waals surface area contributed by atoms with E-state index in [1.54, 1.807) is 0 Å². The lowest BCUT2D eigenvalue weighted by atomic mass is 9.31. The normalized spacial score (nSPS) is 22.4. The fourth-order valence-electron chi connectivity index (χ4n) is 15.0. The van der Waals surface area contributed by atoms with E-state index in [4.69, 9.17) is 0 Å². The molecule has 0 spiro atoms. The lowest BCUT2D eigenvalue weighted by Crippen LogP contribution is -2.55. The molecule has 3 aliphatic carbocycles. The van der Waals surface area contributed by atoms with Crippen molar-refractivity contribution in [3.05, 3.63) is 183 Å². The van der Waals surface area contributed by atoms with Gasteiger partial charge in [-0.05, 0) is 150 Å². The number of benzene rings is 6. The van der Waals surface area contributed by atoms with E-state index in [0.717, 1.165) is 6.42 Å². The Morgan fingerprint density at radius 3 is 1.24 bits per heavy atom. The first-order valence-corrected chi connectivity index (χ1v) is 28.2. The molecular weight excluding hydrogens is 894 g/mol. The number of hydrogen-bond acceptors (Lipinski definition) is 3. The van der Waals surface area contributed by atoms with Crippen LogP contribution in [0, 0.1) is 0 Å². The summed E-state index contributed by atoms with van der Waals surface area (Å²) in [6.07, 6.45) is 4.82. The molecule has 3 heterocycles. The van der Waals surface area contributed by atoms with Gasteiger partial charge in [-0.15, -0.1) is 0 Å². The number of allylic oxidation sites excluding steroid dienone is 2. The minimum Gasteiger partial charge on any atom is -0.334 e. The maximum Gasteiger partial charge on any atom is 0.252 e. The summed E-state index contributed by atoms with van der Waals surface area (Å²) in [6, 6.07) is 49.2. The van der Waals surface area contributed by atoms with Crippen LogP contribution < -0.4 is 20.2 Å². The Hall–Kier alpha value is -5.74. The average Bonchev–Trinajstić information content (AvgIpc) is 3.91. The number of rotatable bonds is 3. The quantitative estimate of drug-likeness (QED) is 0.164. The van der Waals surface area contributed by atoms with Gasteiger partial charge in [0.05, 0.1) is 5.54 Å². The third-order valence-electron chi connectivity index (χ3n) is 19.6. The van der Waals surface area contributed by atoms with Crippen LogP contribution in [0.3, 0.4) is 0 Å². The molecule has 0 N–H and O–H groups in total. The Morgan fingerprint density at radius 1 is 0.405 bits per heavy atom. The second-order valence-corrected chi connectivity index (χ2v) is 29.1. The van der Waals surface area contributed by atoms with Crippen LogP contribution in [0.1, 0.15) is 200 Å². The Bertz CT molecular complexity index is 3220. The van der Waals surface area contributed by atoms with Gasteiger partial charge in [-0.3, -0.25) is 0 Å². The van der Waals surface area contributed by atoms with Gasteiger partial charge in [0, 0.05) is 61.8 Å². The molecule has 1 saturated carbocycles. The molecule has 4 heteroatoms. The Balaban J connectivity index is 1.25. The monoisotopic (exact) mass is 976 g/mol. The average molecular weight is 976 g/mol. The topological polar surface area (TPSA) is 9.72 Å². The smallest absolute Gasteiger partial charge is 0.252 e. The van der Waals surface area contributed by atoms with Gasteiger partial charge in [-0.2, -0.15) is 0 Å². The van der Waals surface area contributed by atoms with Crippen LogP contribution in [0.2, 0.25) is 0 Å². The van der Waals surface area contributed by atoms with Gasteiger partial charge in [0.1, 0.15) is 0 Å². The first-order chi connectivity index (χ1) is 34.5. The molecular formula is C70H82BN3. The van der Waals surface area contributed by atoms with Gasteiger partial charge in [-0.1, -0.05) is 209 Å². The van der Waals surface area contributed by atoms with E-state index in [1.165, 1.54) is 131 Å². The van der Waals surface area contributed by atoms with Crippen LogP contribution in [-0.4, -0.2) is 12.3 Å². The van der Waals surface area contributed by atoms with Crippen LogP contribution in [0.15, 0.2) is 133 Å². The molecule has 0 bridgehead atoms. The maximum absolute atomic E-state index is 2.83. The Labute approximate surface area is 446 Å². The molecule has 2 atom stereocenters. The van der Waals surface area contributed by atoms with Crippen molar-refractivity contribution in [3.63, 3.8) is 0 Å². The molecule has 0 amide bonds. The van der Waals surface area contributed by atoms with Crippen molar-refractivity contribution in [1.82, 2.24) is 0 Å². The van der Waals surface area contributed by atoms with E-state index >= 15 is 0 Å². The second kappa shape index (κ2) is 15.5. The van der Waals surface area contributed by atoms with E-state index in [-0.39, 0.29) is 50.2 Å². The van der Waals surface area contributed by atoms with Crippen molar-refractivity contribution in [2.75, 3.05) is 14.7 Å². The van der Waals surface area contributed by atoms with Gasteiger partial charge in [0.25, 0.3) is 6.71 Å². The van der Waals surface area contributed by atoms with Crippen LogP contribution in [0.5, 0.6) is 0 Å². The second-order valence-electron chi connectivity index (χ2n) is 29.1. The zero-order chi connectivity index (χ0) is 52.8. The van der Waals surface area contributed by atoms with Crippen LogP contribution in [0.4, 0.5) is 34.1 Å². The minimum absolute atomic E-state index is 0.000215. The Kier molecular flexibility index (Phi) is 10.3. The predicted octanol–water partition coefficient (Wildman–Crippen LogP) is 18.1. The van der Waals surface area contributed by atoms with Gasteiger partial charge < -0.3 is 14.7 Å². The zero-order valence-corrected chi connectivity index (χ0v) is 48.3. The minimum atomic E-state index is -0.329. The van der Waals surface area contributed by atoms with Crippen LogP contribution in [0.25, 0.3) is 10.9 Å². The maximum atomic E-state index is 2.83. The molecule has 6 aromatic rings. The summed E-state index contributed by atoms with van der Waals surface area (Å²) in [5, 5.41) is 0. The Morgan fingerprint density at radius 2 is 0.811 bits per heavy atom. The van der Waals surface area contributed by atoms with E-state index in [9.17, 15) is 0 Å². The van der Waals surface area contributed by atoms with Crippen LogP contribution >= 0.6 is 0 Å². The molecule has 1 fully saturated rings. The summed E-state index contributed by atoms with van der Waals surface area (Å²) in [5.74, 6) is 0. The van der Waals surface area contributed by atoms with Gasteiger partial charge >= 0.3 is 0 Å². The van der Waals surface area contributed by atoms with Gasteiger partial charge in [0.15, 0.2) is 0 Å². The first kappa shape index (κ1) is 49.2. The summed E-state index contributed by atoms with van der Waals surface area (Å²) in [4.78, 5) is 8.35. The first-order valence-electron chi connectivity index (χ1n) is 28.2. The number of anilines is 6. The molecule has 0 saturated heterocycles. The van der Waals surface area contributed by atoms with Gasteiger partial charge in [0.2, 0.25) is 0 Å². The summed E-state index contributed by atoms with van der Waals surface area (Å²) in [6.45, 7) is 43.5. The molecule has 2 unspecified atom stereocenters. The number of nitrogens with zero attached hydrogens (tertiary/aromatic N) is 3. The van der Waals surface area contributed by atoms with E-state index < -0.39 is 0 Å². The summed E-state index contributed by atoms with van der Waals surface area (Å²) < 4.78 is 0. The highest BCUT2D eigenvalue weighted by molar-refractivity contribution is 7.06. The fourth-order valence-corrected chi connectivity index (χ4v) is 15.0. The van der Waals surface area contributed by atoms with Crippen LogP contribution in [-0.2, 0) is 37.9 Å². The van der Waals surface area contributed by atoms with E-state index in [1.807, 2.05) is 0 Å². The number of hydrogen-bond donors (Lipinski definition) is 0. The molecule has 0 radical (unpaired) electrons. The molecule has 3 aliphatic heterocycles. The molecule has 6 aliphatic rings. The molecule has 3 nitrogen and oxygen atoms in total. The van der Waals surface area contributed by atoms with Crippen molar-refractivity contribution in [3.8, 4) is 0 Å². The van der Waals surface area contributed by atoms with Gasteiger partial charge in [-0.25, -0.2) is 0 Å². The van der Waals surface area contributed by atoms with Crippen molar-refractivity contribution in [2.45, 2.75) is 194 Å². The SMILES string of the molecule is CC(C)(C)c1ccc(N2C3=C(B4C5=C(N(c6ccc(C(C)(C)C)cc6)c6cc(N7c8ccccc8C8(C)CCCCC78C)cc2c64)C(C)(C)c2cc(C(C)(C)C)ccc25)c2ccc(C(C)(C)C)cc2C3(C)C)cc1. The third-order valence-corrected chi connectivity index (χ3v) is 19.6. The largest absolute Gasteiger partial charge is 0.334 e. The molecule has 380 valence electrons. The van der Waals surface area contributed by atoms with E-state index in [2.05, 4.69) is 261 Å². The highest BCUT2D eigenvalue weighted by atomic mass is 15.3. The lowest BCUT2D eigenvalue weighted by molar-refractivity contribution is 0.195. The van der Waals surface area contributed by atoms with E-state index in [0.29, 0.717) is 0 Å². The zero-order valence-electron chi connectivity index (χ0n) is 48.3. The van der Waals surface area contributed by atoms with Crippen molar-refractivity contribution < 1.29 is 0 Å². The summed E-state index contributed by atoms with van der Waals surface area (Å²) >= 11 is 0. The number of fused-ring (bicyclic) bond motifs is 9. The summed E-state index contributed by atoms with van der Waals surface area (Å²) in [5.41, 5.74) is 26.7. The highest BCUT2D eigenvalue weighted by Crippen LogP contribution is 2.65. The molecule has 74 heavy (non-hydrogen) atoms. The number of para-hydroxylation sites is 1. The summed E-state index contributed by atoms with van der Waals surface area (Å²) in [7, 11) is 0. The van der Waals surface area contributed by atoms with Crippen molar-refractivity contribution >= 4 is 57.2 Å². The van der Waals surface area contributed by atoms with Crippen molar-refractivity contribution in [1.29, 1.82) is 0 Å². The van der Waals surface area contributed by atoms with Crippen molar-refractivity contribution in [2.24, 2.45) is 0 Å².